The third-order valence-electron chi connectivity index (χ3n) is 23.2. The Morgan fingerprint density at radius 2 is 0.609 bits per heavy atom. The topological polar surface area (TPSA) is 307 Å². The standard InChI is InChI=1S/C96H173NO18/c1-3-5-7-9-11-13-15-17-19-21-23-25-27-29-31-33-35-36-37-38-39-40-41-42-44-46-48-50-52-54-56-58-60-62-64-66-68-70-72-74-84(102)97-79(80(101)73-71-69-67-65-63-61-59-57-55-53-51-49-47-45-43-34-32-30-28-26-24-22-20-18-16-14-12-10-8-6-4-2)78-110-94-90(108)87(105)92(82(76-99)112-94)115-96-91(109)88(106)93(83(77-100)113-96)114-95-89(107)86(104)85(103)81(75-98)111-95/h5,7,11,13,17,19,23,25,29,31,63,65,71,73,79-83,85-96,98-101,103-109H,3-4,6,8-10,12,14-16,18,20-22,24,26-28,30,32-62,64,66-70,72,74-78H2,1-2H3,(H,97,102)/b7-5-,13-11-,19-17-,25-23-,31-29-,65-63+,73-71+. The average molecular weight is 1630 g/mol. The number of aliphatic hydroxyl groups excluding tert-OH is 11. The van der Waals surface area contributed by atoms with E-state index >= 15 is 0 Å². The number of carbonyl (C=O) groups is 1. The Morgan fingerprint density at radius 1 is 0.322 bits per heavy atom. The quantitative estimate of drug-likeness (QED) is 0.0199. The van der Waals surface area contributed by atoms with Crippen molar-refractivity contribution in [2.75, 3.05) is 26.4 Å². The number of unbranched alkanes of at least 4 members (excludes halogenated alkanes) is 49. The maximum atomic E-state index is 13.5. The van der Waals surface area contributed by atoms with E-state index in [2.05, 4.69) is 92.1 Å². The first-order valence-electron chi connectivity index (χ1n) is 47.3. The van der Waals surface area contributed by atoms with Crippen LogP contribution in [0, 0.1) is 0 Å². The van der Waals surface area contributed by atoms with E-state index in [-0.39, 0.29) is 18.9 Å². The first-order chi connectivity index (χ1) is 56.3. The summed E-state index contributed by atoms with van der Waals surface area (Å²) in [6.07, 6.45) is 76.1. The normalized spacial score (nSPS) is 25.0. The fraction of sp³-hybridized carbons (Fsp3) is 0.844. The minimum absolute atomic E-state index is 0.237. The lowest BCUT2D eigenvalue weighted by Crippen LogP contribution is -2.66. The van der Waals surface area contributed by atoms with E-state index in [9.17, 15) is 61.0 Å². The van der Waals surface area contributed by atoms with Crippen molar-refractivity contribution in [3.8, 4) is 0 Å². The molecule has 3 heterocycles. The molecule has 0 aromatic rings. The molecule has 0 radical (unpaired) electrons. The number of carbonyl (C=O) groups excluding carboxylic acids is 1. The van der Waals surface area contributed by atoms with Gasteiger partial charge in [0.1, 0.15) is 73.2 Å². The highest BCUT2D eigenvalue weighted by Crippen LogP contribution is 2.34. The molecule has 3 aliphatic heterocycles. The van der Waals surface area contributed by atoms with Crippen molar-refractivity contribution in [3.63, 3.8) is 0 Å². The highest BCUT2D eigenvalue weighted by Gasteiger charge is 2.54. The number of rotatable bonds is 77. The van der Waals surface area contributed by atoms with E-state index in [0.717, 1.165) is 70.6 Å². The zero-order chi connectivity index (χ0) is 83.1. The van der Waals surface area contributed by atoms with Gasteiger partial charge in [0.25, 0.3) is 0 Å². The van der Waals surface area contributed by atoms with E-state index in [0.29, 0.717) is 12.8 Å². The second-order valence-electron chi connectivity index (χ2n) is 33.4. The summed E-state index contributed by atoms with van der Waals surface area (Å²) < 4.78 is 34.5. The summed E-state index contributed by atoms with van der Waals surface area (Å²) >= 11 is 0. The van der Waals surface area contributed by atoms with Crippen LogP contribution in [0.4, 0.5) is 0 Å². The molecule has 0 bridgehead atoms. The molecule has 17 atom stereocenters. The van der Waals surface area contributed by atoms with E-state index < -0.39 is 124 Å². The minimum atomic E-state index is -1.98. The van der Waals surface area contributed by atoms with Crippen molar-refractivity contribution in [2.24, 2.45) is 0 Å². The second kappa shape index (κ2) is 74.8. The molecule has 670 valence electrons. The van der Waals surface area contributed by atoms with E-state index in [4.69, 9.17) is 28.4 Å². The molecule has 0 spiro atoms. The van der Waals surface area contributed by atoms with E-state index in [1.165, 1.54) is 283 Å². The molecule has 0 saturated carbocycles. The number of aliphatic hydroxyl groups is 11. The van der Waals surface area contributed by atoms with Gasteiger partial charge in [-0.2, -0.15) is 0 Å². The SMILES string of the molecule is CC/C=C\C/C=C\C/C=C\C/C=C\C/C=C\CCCCCCCCCCCCCCCCCCCCCCCCCC(=O)NC(COC1OC(CO)C(OC2OC(CO)C(OC3OC(CO)C(O)C(O)C3O)C(O)C2O)C(O)C1O)C(O)/C=C/CC/C=C/CCCCCCCCCCCCCCCCCCCCCCCCCCC. The maximum absolute atomic E-state index is 13.5. The first-order valence-corrected chi connectivity index (χ1v) is 47.3. The molecule has 17 unspecified atom stereocenters. The molecule has 3 aliphatic rings. The Labute approximate surface area is 699 Å². The Bertz CT molecular complexity index is 2400. The summed E-state index contributed by atoms with van der Waals surface area (Å²) in [4.78, 5) is 13.5. The summed E-state index contributed by atoms with van der Waals surface area (Å²) in [6, 6.07) is -0.994. The van der Waals surface area contributed by atoms with Crippen LogP contribution in [0.25, 0.3) is 0 Å². The summed E-state index contributed by atoms with van der Waals surface area (Å²) in [6.45, 7) is 1.66. The van der Waals surface area contributed by atoms with Crippen LogP contribution in [0.2, 0.25) is 0 Å². The van der Waals surface area contributed by atoms with Gasteiger partial charge >= 0.3 is 0 Å². The molecule has 115 heavy (non-hydrogen) atoms. The van der Waals surface area contributed by atoms with Crippen LogP contribution in [0.1, 0.15) is 386 Å². The van der Waals surface area contributed by atoms with Gasteiger partial charge in [-0.15, -0.1) is 0 Å². The highest BCUT2D eigenvalue weighted by atomic mass is 16.8. The van der Waals surface area contributed by atoms with Gasteiger partial charge < -0.3 is 89.9 Å². The summed E-state index contributed by atoms with van der Waals surface area (Å²) in [5.41, 5.74) is 0. The summed E-state index contributed by atoms with van der Waals surface area (Å²) in [7, 11) is 0. The number of ether oxygens (including phenoxy) is 6. The largest absolute Gasteiger partial charge is 0.394 e. The van der Waals surface area contributed by atoms with Gasteiger partial charge in [0.2, 0.25) is 5.91 Å². The minimum Gasteiger partial charge on any atom is -0.394 e. The molecule has 3 fully saturated rings. The van der Waals surface area contributed by atoms with E-state index in [1.54, 1.807) is 6.08 Å². The summed E-state index contributed by atoms with van der Waals surface area (Å²) in [5.74, 6) is -0.279. The lowest BCUT2D eigenvalue weighted by Gasteiger charge is -2.48. The predicted molar refractivity (Wildman–Crippen MR) is 466 cm³/mol. The smallest absolute Gasteiger partial charge is 0.220 e. The number of hydrogen-bond donors (Lipinski definition) is 12. The lowest BCUT2D eigenvalue weighted by atomic mass is 9.96. The molecule has 19 nitrogen and oxygen atoms in total. The molecule has 12 N–H and O–H groups in total. The highest BCUT2D eigenvalue weighted by molar-refractivity contribution is 5.76. The van der Waals surface area contributed by atoms with Gasteiger partial charge in [0.05, 0.1) is 38.6 Å². The molecule has 19 heteroatoms. The van der Waals surface area contributed by atoms with Crippen LogP contribution in [-0.4, -0.2) is 193 Å². The van der Waals surface area contributed by atoms with Crippen LogP contribution >= 0.6 is 0 Å². The Morgan fingerprint density at radius 3 is 0.974 bits per heavy atom. The molecule has 1 amide bonds. The zero-order valence-corrected chi connectivity index (χ0v) is 72.5. The number of amides is 1. The van der Waals surface area contributed by atoms with Crippen molar-refractivity contribution in [1.82, 2.24) is 5.32 Å². The van der Waals surface area contributed by atoms with Gasteiger partial charge in [-0.1, -0.05) is 388 Å². The van der Waals surface area contributed by atoms with E-state index in [1.807, 2.05) is 6.08 Å². The maximum Gasteiger partial charge on any atom is 0.220 e. The van der Waals surface area contributed by atoms with Gasteiger partial charge in [0, 0.05) is 6.42 Å². The van der Waals surface area contributed by atoms with Crippen LogP contribution in [0.5, 0.6) is 0 Å². The fourth-order valence-corrected chi connectivity index (χ4v) is 15.7. The zero-order valence-electron chi connectivity index (χ0n) is 72.5. The molecule has 0 aromatic carbocycles. The number of nitrogens with one attached hydrogen (secondary N) is 1. The second-order valence-corrected chi connectivity index (χ2v) is 33.4. The van der Waals surface area contributed by atoms with Crippen molar-refractivity contribution in [1.29, 1.82) is 0 Å². The molecule has 3 rings (SSSR count). The van der Waals surface area contributed by atoms with Gasteiger partial charge in [0.15, 0.2) is 18.9 Å². The fourth-order valence-electron chi connectivity index (χ4n) is 15.7. The van der Waals surface area contributed by atoms with Crippen LogP contribution in [0.15, 0.2) is 85.1 Å². The molecule has 0 aliphatic carbocycles. The van der Waals surface area contributed by atoms with Gasteiger partial charge in [-0.05, 0) is 77.0 Å². The predicted octanol–water partition coefficient (Wildman–Crippen LogP) is 18.9. The van der Waals surface area contributed by atoms with Gasteiger partial charge in [-0.25, -0.2) is 0 Å². The number of allylic oxidation sites excluding steroid dienone is 13. The van der Waals surface area contributed by atoms with Crippen molar-refractivity contribution in [3.05, 3.63) is 85.1 Å². The summed E-state index contributed by atoms with van der Waals surface area (Å²) in [5, 5.41) is 121. The van der Waals surface area contributed by atoms with Crippen molar-refractivity contribution < 1.29 is 89.4 Å². The number of hydrogen-bond acceptors (Lipinski definition) is 18. The lowest BCUT2D eigenvalue weighted by molar-refractivity contribution is -0.379. The molecular weight excluding hydrogens is 1460 g/mol. The average Bonchev–Trinajstić information content (AvgIpc) is 0.779. The molecular formula is C96H173NO18. The third-order valence-corrected chi connectivity index (χ3v) is 23.2. The monoisotopic (exact) mass is 1630 g/mol. The van der Waals surface area contributed by atoms with Crippen LogP contribution in [-0.2, 0) is 33.2 Å². The molecule has 0 aromatic heterocycles. The van der Waals surface area contributed by atoms with Crippen molar-refractivity contribution in [2.45, 2.75) is 491 Å². The third kappa shape index (κ3) is 52.8. The van der Waals surface area contributed by atoms with Crippen LogP contribution in [0.3, 0.4) is 0 Å². The Kier molecular flexibility index (Phi) is 69.0. The van der Waals surface area contributed by atoms with Crippen molar-refractivity contribution >= 4 is 5.91 Å². The Hall–Kier alpha value is -3.03. The van der Waals surface area contributed by atoms with Gasteiger partial charge in [-0.3, -0.25) is 4.79 Å². The molecule has 3 saturated heterocycles. The first kappa shape index (κ1) is 106. The Balaban J connectivity index is 1.31. The van der Waals surface area contributed by atoms with Crippen LogP contribution < -0.4 is 5.32 Å².